The van der Waals surface area contributed by atoms with E-state index in [4.69, 9.17) is 0 Å². The Morgan fingerprint density at radius 3 is 1.68 bits per heavy atom. The van der Waals surface area contributed by atoms with Crippen LogP contribution in [0, 0.1) is 17.7 Å². The number of hydrogen-bond acceptors (Lipinski definition) is 2. The molecule has 0 aliphatic rings. The predicted octanol–water partition coefficient (Wildman–Crippen LogP) is 9.00. The first kappa shape index (κ1) is 30.5. The van der Waals surface area contributed by atoms with E-state index in [2.05, 4.69) is 124 Å². The van der Waals surface area contributed by atoms with Crippen LogP contribution in [0.4, 0.5) is 8.78 Å². The van der Waals surface area contributed by atoms with Gasteiger partial charge in [-0.05, 0) is 68.0 Å². The molecule has 0 aliphatic carbocycles. The van der Waals surface area contributed by atoms with Gasteiger partial charge in [0.15, 0.2) is 0 Å². The zero-order valence-corrected chi connectivity index (χ0v) is 26.6. The Morgan fingerprint density at radius 1 is 0.707 bits per heavy atom. The van der Waals surface area contributed by atoms with E-state index in [1.807, 2.05) is 0 Å². The van der Waals surface area contributed by atoms with Crippen LogP contribution in [0.1, 0.15) is 58.2 Å². The summed E-state index contributed by atoms with van der Waals surface area (Å²) in [7, 11) is 0. The van der Waals surface area contributed by atoms with Crippen LogP contribution in [-0.2, 0) is 37.5 Å². The molecule has 5 rings (SSSR count). The fraction of sp³-hybridized carbons (Fsp3) is 0.257. The second-order valence-electron chi connectivity index (χ2n) is 12.4. The van der Waals surface area contributed by atoms with E-state index >= 15 is 0 Å². The van der Waals surface area contributed by atoms with E-state index in [-0.39, 0.29) is 36.5 Å². The van der Waals surface area contributed by atoms with E-state index in [9.17, 15) is 8.78 Å². The standard InChI is InChI=1S/C35H34F2N3.Ir/c1-34(2,3)28-11-7-24(8-12-28)26-17-23(18-27(19-26)25-9-13-29(14-10-25)35(4,5)6)21-40-33(38-22-39-40)31-16-15-30(36)20-32(31)37;/h7-15,17-20,22H,21H2,1-6H3;/q-1;. The molecule has 1 aromatic heterocycles. The number of benzene rings is 4. The molecule has 41 heavy (non-hydrogen) atoms. The average molecular weight is 727 g/mol. The molecule has 213 valence electrons. The van der Waals surface area contributed by atoms with Gasteiger partial charge in [0.1, 0.15) is 6.33 Å². The SMILES string of the molecule is CC(C)(C)c1ccc(-c2cc(Cn3ncnc3-c3[c-]cc(F)cc3F)cc(-c3ccc(C(C)(C)C)cc3)c2)cc1.[Ir]. The molecule has 0 N–H and O–H groups in total. The van der Waals surface area contributed by atoms with Crippen molar-refractivity contribution in [3.63, 3.8) is 0 Å². The summed E-state index contributed by atoms with van der Waals surface area (Å²) in [5.41, 5.74) is 8.13. The summed E-state index contributed by atoms with van der Waals surface area (Å²) in [5.74, 6) is -1.10. The summed E-state index contributed by atoms with van der Waals surface area (Å²) < 4.78 is 29.7. The van der Waals surface area contributed by atoms with Crippen LogP contribution in [0.3, 0.4) is 0 Å². The number of halogens is 2. The maximum Gasteiger partial charge on any atom is 0.127 e. The minimum absolute atomic E-state index is 0. The molecule has 0 unspecified atom stereocenters. The molecular formula is C35H34F2IrN3-. The van der Waals surface area contributed by atoms with E-state index in [0.717, 1.165) is 39.9 Å². The summed E-state index contributed by atoms with van der Waals surface area (Å²) in [6.45, 7) is 13.6. The smallest absolute Gasteiger partial charge is 0.127 e. The quantitative estimate of drug-likeness (QED) is 0.169. The number of nitrogens with zero attached hydrogens (tertiary/aromatic N) is 3. The van der Waals surface area contributed by atoms with Crippen LogP contribution < -0.4 is 0 Å². The van der Waals surface area contributed by atoms with Crippen molar-refractivity contribution in [1.29, 1.82) is 0 Å². The first-order valence-electron chi connectivity index (χ1n) is 13.5. The van der Waals surface area contributed by atoms with E-state index in [0.29, 0.717) is 12.4 Å². The van der Waals surface area contributed by atoms with Crippen LogP contribution in [0.25, 0.3) is 33.6 Å². The van der Waals surface area contributed by atoms with Crippen LogP contribution in [0.5, 0.6) is 0 Å². The average Bonchev–Trinajstić information content (AvgIpc) is 3.35. The minimum Gasteiger partial charge on any atom is -0.281 e. The minimum atomic E-state index is -0.721. The van der Waals surface area contributed by atoms with Gasteiger partial charge in [0.2, 0.25) is 0 Å². The third kappa shape index (κ3) is 6.89. The molecule has 4 aromatic carbocycles. The fourth-order valence-corrected chi connectivity index (χ4v) is 4.80. The van der Waals surface area contributed by atoms with Crippen molar-refractivity contribution >= 4 is 0 Å². The molecule has 0 amide bonds. The van der Waals surface area contributed by atoms with Gasteiger partial charge < -0.3 is 0 Å². The molecule has 0 saturated carbocycles. The van der Waals surface area contributed by atoms with Gasteiger partial charge in [0, 0.05) is 31.7 Å². The van der Waals surface area contributed by atoms with Gasteiger partial charge in [-0.25, -0.2) is 0 Å². The molecule has 0 fully saturated rings. The number of hydrogen-bond donors (Lipinski definition) is 0. The van der Waals surface area contributed by atoms with Crippen molar-refractivity contribution in [2.24, 2.45) is 0 Å². The summed E-state index contributed by atoms with van der Waals surface area (Å²) in [5, 5.41) is 4.36. The van der Waals surface area contributed by atoms with Crippen molar-refractivity contribution in [2.45, 2.75) is 58.9 Å². The largest absolute Gasteiger partial charge is 0.281 e. The van der Waals surface area contributed by atoms with Crippen LogP contribution in [0.15, 0.2) is 85.2 Å². The third-order valence-corrected chi connectivity index (χ3v) is 7.19. The summed E-state index contributed by atoms with van der Waals surface area (Å²) >= 11 is 0. The Hall–Kier alpha value is -3.47. The van der Waals surface area contributed by atoms with Gasteiger partial charge in [-0.15, -0.1) is 12.1 Å². The topological polar surface area (TPSA) is 30.7 Å². The van der Waals surface area contributed by atoms with Gasteiger partial charge in [0.05, 0.1) is 12.4 Å². The van der Waals surface area contributed by atoms with E-state index in [1.54, 1.807) is 4.68 Å². The second kappa shape index (κ2) is 11.8. The van der Waals surface area contributed by atoms with Crippen LogP contribution >= 0.6 is 0 Å². The van der Waals surface area contributed by atoms with Gasteiger partial charge in [-0.2, -0.15) is 5.10 Å². The van der Waals surface area contributed by atoms with Crippen molar-refractivity contribution in [2.75, 3.05) is 0 Å². The fourth-order valence-electron chi connectivity index (χ4n) is 4.80. The first-order chi connectivity index (χ1) is 18.9. The van der Waals surface area contributed by atoms with Crippen molar-refractivity contribution in [3.8, 4) is 33.6 Å². The predicted molar refractivity (Wildman–Crippen MR) is 158 cm³/mol. The molecule has 0 bridgehead atoms. The first-order valence-corrected chi connectivity index (χ1v) is 13.5. The molecule has 0 saturated heterocycles. The molecule has 0 spiro atoms. The Bertz CT molecular complexity index is 1570. The van der Waals surface area contributed by atoms with Crippen LogP contribution in [0.2, 0.25) is 0 Å². The van der Waals surface area contributed by atoms with Gasteiger partial charge in [0.25, 0.3) is 0 Å². The zero-order chi connectivity index (χ0) is 28.7. The normalized spacial score (nSPS) is 11.8. The van der Waals surface area contributed by atoms with Crippen molar-refractivity contribution in [3.05, 3.63) is 120 Å². The van der Waals surface area contributed by atoms with E-state index in [1.165, 1.54) is 17.5 Å². The summed E-state index contributed by atoms with van der Waals surface area (Å²) in [4.78, 5) is 4.26. The van der Waals surface area contributed by atoms with Crippen LogP contribution in [-0.4, -0.2) is 14.8 Å². The molecule has 0 aliphatic heterocycles. The maximum absolute atomic E-state index is 14.6. The van der Waals surface area contributed by atoms with Crippen molar-refractivity contribution in [1.82, 2.24) is 14.8 Å². The van der Waals surface area contributed by atoms with Gasteiger partial charge in [-0.3, -0.25) is 18.4 Å². The monoisotopic (exact) mass is 727 g/mol. The Balaban J connectivity index is 0.00000387. The van der Waals surface area contributed by atoms with Gasteiger partial charge >= 0.3 is 0 Å². The molecular weight excluding hydrogens is 693 g/mol. The molecule has 0 atom stereocenters. The van der Waals surface area contributed by atoms with Gasteiger partial charge in [-0.1, -0.05) is 102 Å². The second-order valence-corrected chi connectivity index (χ2v) is 12.4. The number of aromatic nitrogens is 3. The third-order valence-electron chi connectivity index (χ3n) is 7.19. The number of rotatable bonds is 5. The van der Waals surface area contributed by atoms with Crippen molar-refractivity contribution < 1.29 is 28.9 Å². The molecule has 3 nitrogen and oxygen atoms in total. The molecule has 1 heterocycles. The molecule has 6 heteroatoms. The molecule has 5 aromatic rings. The Labute approximate surface area is 255 Å². The zero-order valence-electron chi connectivity index (χ0n) is 24.2. The maximum atomic E-state index is 14.6. The Kier molecular flexibility index (Phi) is 8.77. The molecule has 1 radical (unpaired) electrons. The summed E-state index contributed by atoms with van der Waals surface area (Å²) in [6.07, 6.45) is 1.38. The summed E-state index contributed by atoms with van der Waals surface area (Å²) in [6, 6.07) is 28.5. The van der Waals surface area contributed by atoms with E-state index < -0.39 is 11.6 Å². The Morgan fingerprint density at radius 2 is 1.22 bits per heavy atom.